The molecule has 2 heterocycles. The van der Waals surface area contributed by atoms with Crippen LogP contribution in [0.2, 0.25) is 0 Å². The van der Waals surface area contributed by atoms with Crippen LogP contribution in [-0.2, 0) is 7.05 Å². The molecule has 0 fully saturated rings. The Morgan fingerprint density at radius 3 is 2.94 bits per heavy atom. The summed E-state index contributed by atoms with van der Waals surface area (Å²) in [5, 5.41) is 12.3. The van der Waals surface area contributed by atoms with E-state index in [2.05, 4.69) is 31.2 Å². The van der Waals surface area contributed by atoms with Crippen LogP contribution in [0.15, 0.2) is 28.9 Å². The third-order valence-electron chi connectivity index (χ3n) is 2.71. The Morgan fingerprint density at radius 2 is 2.24 bits per heavy atom. The minimum Gasteiger partial charge on any atom is -0.382 e. The minimum atomic E-state index is 0.484. The zero-order chi connectivity index (χ0) is 12.0. The summed E-state index contributed by atoms with van der Waals surface area (Å²) < 4.78 is 2.68. The van der Waals surface area contributed by atoms with Crippen molar-refractivity contribution >= 4 is 32.7 Å². The Kier molecular flexibility index (Phi) is 2.19. The van der Waals surface area contributed by atoms with E-state index in [1.165, 1.54) is 0 Å². The molecule has 0 atom stereocenters. The van der Waals surface area contributed by atoms with Crippen molar-refractivity contribution in [3.63, 3.8) is 0 Å². The van der Waals surface area contributed by atoms with Crippen molar-refractivity contribution in [2.75, 3.05) is 5.73 Å². The molecule has 0 radical (unpaired) electrons. The van der Waals surface area contributed by atoms with Gasteiger partial charge in [-0.1, -0.05) is 12.1 Å². The Bertz CT molecular complexity index is 697. The number of nitrogens with one attached hydrogen (secondary N) is 1. The van der Waals surface area contributed by atoms with Crippen LogP contribution >= 0.6 is 15.9 Å². The second-order valence-electron chi connectivity index (χ2n) is 3.82. The fourth-order valence-corrected chi connectivity index (χ4v) is 2.54. The van der Waals surface area contributed by atoms with Gasteiger partial charge in [0, 0.05) is 24.1 Å². The third-order valence-corrected chi connectivity index (χ3v) is 3.29. The molecule has 0 aliphatic carbocycles. The van der Waals surface area contributed by atoms with E-state index >= 15 is 0 Å². The molecule has 0 bridgehead atoms. The fraction of sp³-hybridized carbons (Fsp3) is 0.0909. The summed E-state index contributed by atoms with van der Waals surface area (Å²) >= 11 is 3.45. The number of nitrogens with zero attached hydrogens (tertiary/aromatic N) is 3. The van der Waals surface area contributed by atoms with E-state index in [0.717, 1.165) is 26.8 Å². The molecule has 86 valence electrons. The van der Waals surface area contributed by atoms with Crippen LogP contribution < -0.4 is 5.73 Å². The first kappa shape index (κ1) is 10.3. The van der Waals surface area contributed by atoms with Gasteiger partial charge < -0.3 is 5.73 Å². The van der Waals surface area contributed by atoms with Crippen molar-refractivity contribution < 1.29 is 0 Å². The average Bonchev–Trinajstić information content (AvgIpc) is 2.85. The maximum atomic E-state index is 5.63. The molecular formula is C11H10BrN5. The number of hydrogen-bond acceptors (Lipinski definition) is 3. The minimum absolute atomic E-state index is 0.484. The van der Waals surface area contributed by atoms with Crippen molar-refractivity contribution in [1.29, 1.82) is 0 Å². The number of anilines is 1. The average molecular weight is 292 g/mol. The molecule has 0 spiro atoms. The number of para-hydroxylation sites is 1. The first-order chi connectivity index (χ1) is 8.16. The van der Waals surface area contributed by atoms with Crippen molar-refractivity contribution in [1.82, 2.24) is 20.0 Å². The highest BCUT2D eigenvalue weighted by Gasteiger charge is 2.12. The molecule has 0 amide bonds. The normalized spacial score (nSPS) is 11.2. The largest absolute Gasteiger partial charge is 0.382 e. The summed E-state index contributed by atoms with van der Waals surface area (Å²) in [6, 6.07) is 7.84. The topological polar surface area (TPSA) is 72.5 Å². The Labute approximate surface area is 106 Å². The Balaban J connectivity index is 2.37. The number of nitrogens with two attached hydrogens (primary N) is 1. The Hall–Kier alpha value is -1.82. The van der Waals surface area contributed by atoms with Gasteiger partial charge in [0.25, 0.3) is 0 Å². The molecule has 1 aromatic carbocycles. The number of aryl methyl sites for hydroxylation is 1. The molecule has 0 aliphatic heterocycles. The van der Waals surface area contributed by atoms with Crippen LogP contribution in [0, 0.1) is 0 Å². The van der Waals surface area contributed by atoms with Crippen LogP contribution in [0.3, 0.4) is 0 Å². The van der Waals surface area contributed by atoms with Crippen molar-refractivity contribution in [2.45, 2.75) is 0 Å². The summed E-state index contributed by atoms with van der Waals surface area (Å²) in [6.07, 6.45) is 0. The highest BCUT2D eigenvalue weighted by Crippen LogP contribution is 2.31. The lowest BCUT2D eigenvalue weighted by Gasteiger charge is -2.01. The number of nitrogen functional groups attached to an aromatic ring is 1. The van der Waals surface area contributed by atoms with Gasteiger partial charge >= 0.3 is 0 Å². The van der Waals surface area contributed by atoms with Crippen molar-refractivity contribution in [3.8, 4) is 11.3 Å². The summed E-state index contributed by atoms with van der Waals surface area (Å²) in [4.78, 5) is 0. The smallest absolute Gasteiger partial charge is 0.145 e. The molecular weight excluding hydrogens is 282 g/mol. The molecule has 0 unspecified atom stereocenters. The second-order valence-corrected chi connectivity index (χ2v) is 4.57. The van der Waals surface area contributed by atoms with E-state index in [-0.39, 0.29) is 0 Å². The van der Waals surface area contributed by atoms with E-state index in [0.29, 0.717) is 5.82 Å². The van der Waals surface area contributed by atoms with Crippen LogP contribution in [0.4, 0.5) is 5.82 Å². The number of halogens is 1. The second kappa shape index (κ2) is 3.59. The van der Waals surface area contributed by atoms with Gasteiger partial charge in [-0.3, -0.25) is 9.78 Å². The molecule has 17 heavy (non-hydrogen) atoms. The predicted molar refractivity (Wildman–Crippen MR) is 70.4 cm³/mol. The highest BCUT2D eigenvalue weighted by molar-refractivity contribution is 9.10. The third kappa shape index (κ3) is 1.52. The molecule has 0 saturated heterocycles. The van der Waals surface area contributed by atoms with E-state index in [9.17, 15) is 0 Å². The van der Waals surface area contributed by atoms with Crippen LogP contribution in [0.5, 0.6) is 0 Å². The number of aromatic amines is 1. The van der Waals surface area contributed by atoms with E-state index in [4.69, 9.17) is 5.73 Å². The van der Waals surface area contributed by atoms with Gasteiger partial charge in [-0.25, -0.2) is 0 Å². The molecule has 3 rings (SSSR count). The van der Waals surface area contributed by atoms with E-state index < -0.39 is 0 Å². The van der Waals surface area contributed by atoms with Gasteiger partial charge in [-0.05, 0) is 22.0 Å². The number of benzene rings is 1. The molecule has 6 heteroatoms. The monoisotopic (exact) mass is 291 g/mol. The van der Waals surface area contributed by atoms with Gasteiger partial charge in [-0.2, -0.15) is 10.2 Å². The molecule has 3 aromatic rings. The maximum absolute atomic E-state index is 5.63. The van der Waals surface area contributed by atoms with Gasteiger partial charge in [0.2, 0.25) is 0 Å². The van der Waals surface area contributed by atoms with Crippen molar-refractivity contribution in [3.05, 3.63) is 28.9 Å². The number of aromatic nitrogens is 4. The molecule has 3 N–H and O–H groups in total. The lowest BCUT2D eigenvalue weighted by atomic mass is 10.1. The van der Waals surface area contributed by atoms with E-state index in [1.807, 2.05) is 36.0 Å². The first-order valence-electron chi connectivity index (χ1n) is 5.09. The first-order valence-corrected chi connectivity index (χ1v) is 5.88. The van der Waals surface area contributed by atoms with Gasteiger partial charge in [0.1, 0.15) is 10.4 Å². The van der Waals surface area contributed by atoms with Crippen molar-refractivity contribution in [2.24, 2.45) is 7.05 Å². The SMILES string of the molecule is Cn1nc(Br)c2cccc(-c3cc(N)n[nH]3)c21. The summed E-state index contributed by atoms with van der Waals surface area (Å²) in [6.45, 7) is 0. The summed E-state index contributed by atoms with van der Waals surface area (Å²) in [5.41, 5.74) is 8.60. The van der Waals surface area contributed by atoms with Crippen LogP contribution in [-0.4, -0.2) is 20.0 Å². The van der Waals surface area contributed by atoms with Gasteiger partial charge in [0.15, 0.2) is 0 Å². The highest BCUT2D eigenvalue weighted by atomic mass is 79.9. The molecule has 2 aromatic heterocycles. The zero-order valence-electron chi connectivity index (χ0n) is 9.11. The lowest BCUT2D eigenvalue weighted by Crippen LogP contribution is -1.91. The molecule has 0 saturated carbocycles. The maximum Gasteiger partial charge on any atom is 0.145 e. The van der Waals surface area contributed by atoms with E-state index in [1.54, 1.807) is 0 Å². The van der Waals surface area contributed by atoms with Gasteiger partial charge in [-0.15, -0.1) is 0 Å². The molecule has 0 aliphatic rings. The number of H-pyrrole nitrogens is 1. The van der Waals surface area contributed by atoms with Gasteiger partial charge in [0.05, 0.1) is 11.2 Å². The standard InChI is InChI=1S/C11H10BrN5/c1-17-10-6(8-5-9(13)15-14-8)3-2-4-7(10)11(12)16-17/h2-5H,1H3,(H3,13,14,15). The fourth-order valence-electron chi connectivity index (χ4n) is 1.99. The molecule has 5 nitrogen and oxygen atoms in total. The number of rotatable bonds is 1. The predicted octanol–water partition coefficient (Wildman–Crippen LogP) is 2.31. The number of hydrogen-bond donors (Lipinski definition) is 2. The van der Waals surface area contributed by atoms with Crippen LogP contribution in [0.25, 0.3) is 22.2 Å². The summed E-state index contributed by atoms with van der Waals surface area (Å²) in [7, 11) is 1.91. The zero-order valence-corrected chi connectivity index (χ0v) is 10.7. The lowest BCUT2D eigenvalue weighted by molar-refractivity contribution is 0.789. The Morgan fingerprint density at radius 1 is 1.41 bits per heavy atom. The van der Waals surface area contributed by atoms with Crippen LogP contribution in [0.1, 0.15) is 0 Å². The summed E-state index contributed by atoms with van der Waals surface area (Å²) in [5.74, 6) is 0.484. The quantitative estimate of drug-likeness (QED) is 0.723. The number of fused-ring (bicyclic) bond motifs is 1.